The van der Waals surface area contributed by atoms with E-state index in [4.69, 9.17) is 4.74 Å². The van der Waals surface area contributed by atoms with E-state index in [2.05, 4.69) is 42.8 Å². The number of ether oxygens (including phenoxy) is 1. The number of hydrogen-bond donors (Lipinski definition) is 0. The molecule has 122 valence electrons. The van der Waals surface area contributed by atoms with Gasteiger partial charge in [-0.1, -0.05) is 30.3 Å². The third-order valence-corrected chi connectivity index (χ3v) is 3.04. The normalized spacial score (nSPS) is 11.4. The molecule has 1 aromatic carbocycles. The van der Waals surface area contributed by atoms with Crippen molar-refractivity contribution in [2.24, 2.45) is 0 Å². The van der Waals surface area contributed by atoms with Crippen LogP contribution in [0.5, 0.6) is 0 Å². The number of carbonyl (C=O) groups is 1. The summed E-state index contributed by atoms with van der Waals surface area (Å²) in [6.07, 6.45) is 1.59. The minimum absolute atomic E-state index is 0.303. The molecule has 0 aliphatic rings. The molecule has 0 saturated heterocycles. The molecule has 0 aliphatic carbocycles. The minimum Gasteiger partial charge on any atom is -0.444 e. The molecule has 0 unspecified atom stereocenters. The maximum Gasteiger partial charge on any atom is 0.410 e. The molecule has 0 heterocycles. The van der Waals surface area contributed by atoms with Crippen LogP contribution in [0.2, 0.25) is 0 Å². The maximum atomic E-state index is 11.9. The first-order chi connectivity index (χ1) is 10.2. The quantitative estimate of drug-likeness (QED) is 0.752. The van der Waals surface area contributed by atoms with Gasteiger partial charge in [0.25, 0.3) is 0 Å². The van der Waals surface area contributed by atoms with E-state index < -0.39 is 5.60 Å². The van der Waals surface area contributed by atoms with Gasteiger partial charge >= 0.3 is 6.09 Å². The van der Waals surface area contributed by atoms with Crippen LogP contribution in [0.25, 0.3) is 0 Å². The topological polar surface area (TPSA) is 32.8 Å². The fourth-order valence-electron chi connectivity index (χ4n) is 2.02. The molecule has 0 aromatic heterocycles. The Morgan fingerprint density at radius 2 is 1.64 bits per heavy atom. The largest absolute Gasteiger partial charge is 0.444 e. The molecular weight excluding hydrogens is 276 g/mol. The molecule has 0 radical (unpaired) electrons. The molecule has 0 spiro atoms. The fourth-order valence-corrected chi connectivity index (χ4v) is 2.02. The van der Waals surface area contributed by atoms with Gasteiger partial charge in [0.15, 0.2) is 0 Å². The monoisotopic (exact) mass is 304 g/mol. The highest BCUT2D eigenvalue weighted by Gasteiger charge is 2.19. The molecule has 0 aliphatic heterocycles. The van der Waals surface area contributed by atoms with E-state index in [9.17, 15) is 4.79 Å². The van der Waals surface area contributed by atoms with Crippen LogP contribution in [0.1, 0.15) is 31.9 Å². The van der Waals surface area contributed by atoms with E-state index in [1.165, 1.54) is 5.56 Å². The van der Waals surface area contributed by atoms with Gasteiger partial charge in [0.1, 0.15) is 5.60 Å². The lowest BCUT2D eigenvalue weighted by atomic mass is 10.1. The van der Waals surface area contributed by atoms with Crippen LogP contribution >= 0.6 is 0 Å². The fraction of sp³-hybridized carbons (Fsp3) is 0.500. The highest BCUT2D eigenvalue weighted by Crippen LogP contribution is 2.12. The van der Waals surface area contributed by atoms with Crippen LogP contribution in [0.15, 0.2) is 36.9 Å². The summed E-state index contributed by atoms with van der Waals surface area (Å²) in [7, 11) is 3.81. The standard InChI is InChI=1S/C18H28N2O2/c1-7-12-19(5)13-15-8-10-16(11-9-15)14-20(6)17(21)22-18(2,3)4/h7-11H,1,12-14H2,2-6H3. The third-order valence-electron chi connectivity index (χ3n) is 3.04. The summed E-state index contributed by atoms with van der Waals surface area (Å²) in [6.45, 7) is 11.6. The second kappa shape index (κ2) is 7.99. The molecule has 0 N–H and O–H groups in total. The molecule has 0 bridgehead atoms. The van der Waals surface area contributed by atoms with Crippen molar-refractivity contribution in [2.75, 3.05) is 20.6 Å². The van der Waals surface area contributed by atoms with Gasteiger partial charge in [-0.15, -0.1) is 6.58 Å². The van der Waals surface area contributed by atoms with Crippen molar-refractivity contribution in [3.8, 4) is 0 Å². The molecule has 4 nitrogen and oxygen atoms in total. The van der Waals surface area contributed by atoms with Gasteiger partial charge in [0.2, 0.25) is 0 Å². The Labute approximate surface area is 134 Å². The van der Waals surface area contributed by atoms with Gasteiger partial charge < -0.3 is 9.64 Å². The van der Waals surface area contributed by atoms with Crippen LogP contribution in [0, 0.1) is 0 Å². The summed E-state index contributed by atoms with van der Waals surface area (Å²) in [5, 5.41) is 0. The van der Waals surface area contributed by atoms with Crippen LogP contribution in [0.4, 0.5) is 4.79 Å². The smallest absolute Gasteiger partial charge is 0.410 e. The van der Waals surface area contributed by atoms with Gasteiger partial charge in [-0.3, -0.25) is 4.90 Å². The summed E-state index contributed by atoms with van der Waals surface area (Å²) in [5.74, 6) is 0. The SMILES string of the molecule is C=CCN(C)Cc1ccc(CN(C)C(=O)OC(C)(C)C)cc1. The number of nitrogens with zero attached hydrogens (tertiary/aromatic N) is 2. The Kier molecular flexibility index (Phi) is 6.62. The molecule has 1 aromatic rings. The number of benzene rings is 1. The Hall–Kier alpha value is -1.81. The summed E-state index contributed by atoms with van der Waals surface area (Å²) in [6, 6.07) is 8.30. The lowest BCUT2D eigenvalue weighted by molar-refractivity contribution is 0.0285. The van der Waals surface area contributed by atoms with Crippen molar-refractivity contribution < 1.29 is 9.53 Å². The Balaban J connectivity index is 2.56. The van der Waals surface area contributed by atoms with Gasteiger partial charge in [-0.05, 0) is 38.9 Å². The number of likely N-dealkylation sites (N-methyl/N-ethyl adjacent to an activating group) is 1. The van der Waals surface area contributed by atoms with Crippen molar-refractivity contribution in [1.29, 1.82) is 0 Å². The molecule has 0 fully saturated rings. The van der Waals surface area contributed by atoms with Gasteiger partial charge in [-0.25, -0.2) is 4.79 Å². The van der Waals surface area contributed by atoms with E-state index in [1.54, 1.807) is 11.9 Å². The number of hydrogen-bond acceptors (Lipinski definition) is 3. The van der Waals surface area contributed by atoms with E-state index in [1.807, 2.05) is 26.8 Å². The van der Waals surface area contributed by atoms with Crippen LogP contribution < -0.4 is 0 Å². The Bertz CT molecular complexity index is 489. The second-order valence-corrected chi connectivity index (χ2v) is 6.64. The van der Waals surface area contributed by atoms with E-state index in [-0.39, 0.29) is 6.09 Å². The number of rotatable bonds is 6. The number of amides is 1. The predicted molar refractivity (Wildman–Crippen MR) is 90.7 cm³/mol. The minimum atomic E-state index is -0.467. The van der Waals surface area contributed by atoms with Crippen molar-refractivity contribution in [1.82, 2.24) is 9.80 Å². The van der Waals surface area contributed by atoms with Crippen molar-refractivity contribution in [2.45, 2.75) is 39.5 Å². The summed E-state index contributed by atoms with van der Waals surface area (Å²) in [5.41, 5.74) is 1.86. The summed E-state index contributed by atoms with van der Waals surface area (Å²) in [4.78, 5) is 15.7. The average Bonchev–Trinajstić information content (AvgIpc) is 2.39. The maximum absolute atomic E-state index is 11.9. The van der Waals surface area contributed by atoms with Crippen molar-refractivity contribution in [3.05, 3.63) is 48.0 Å². The molecule has 22 heavy (non-hydrogen) atoms. The highest BCUT2D eigenvalue weighted by molar-refractivity contribution is 5.67. The molecule has 1 rings (SSSR count). The number of carbonyl (C=O) groups excluding carboxylic acids is 1. The van der Waals surface area contributed by atoms with Gasteiger partial charge in [0, 0.05) is 26.7 Å². The van der Waals surface area contributed by atoms with Crippen LogP contribution in [-0.2, 0) is 17.8 Å². The van der Waals surface area contributed by atoms with Gasteiger partial charge in [0.05, 0.1) is 0 Å². The Morgan fingerprint density at radius 1 is 1.14 bits per heavy atom. The van der Waals surface area contributed by atoms with Crippen LogP contribution in [0.3, 0.4) is 0 Å². The third kappa shape index (κ3) is 6.76. The van der Waals surface area contributed by atoms with Crippen molar-refractivity contribution in [3.63, 3.8) is 0 Å². The zero-order valence-corrected chi connectivity index (χ0v) is 14.4. The summed E-state index contributed by atoms with van der Waals surface area (Å²) >= 11 is 0. The summed E-state index contributed by atoms with van der Waals surface area (Å²) < 4.78 is 5.35. The second-order valence-electron chi connectivity index (χ2n) is 6.64. The zero-order chi connectivity index (χ0) is 16.8. The van der Waals surface area contributed by atoms with E-state index >= 15 is 0 Å². The Morgan fingerprint density at radius 3 is 2.09 bits per heavy atom. The lowest BCUT2D eigenvalue weighted by Gasteiger charge is -2.24. The molecule has 0 atom stereocenters. The zero-order valence-electron chi connectivity index (χ0n) is 14.4. The first kappa shape index (κ1) is 18.2. The van der Waals surface area contributed by atoms with Crippen molar-refractivity contribution >= 4 is 6.09 Å². The lowest BCUT2D eigenvalue weighted by Crippen LogP contribution is -2.33. The van der Waals surface area contributed by atoms with Crippen LogP contribution in [-0.4, -0.2) is 42.1 Å². The first-order valence-corrected chi connectivity index (χ1v) is 7.52. The van der Waals surface area contributed by atoms with E-state index in [0.29, 0.717) is 6.54 Å². The molecule has 4 heteroatoms. The molecular formula is C18H28N2O2. The highest BCUT2D eigenvalue weighted by atomic mass is 16.6. The van der Waals surface area contributed by atoms with Gasteiger partial charge in [-0.2, -0.15) is 0 Å². The molecule has 1 amide bonds. The predicted octanol–water partition coefficient (Wildman–Crippen LogP) is 3.67. The first-order valence-electron chi connectivity index (χ1n) is 7.52. The van der Waals surface area contributed by atoms with E-state index in [0.717, 1.165) is 18.7 Å². The average molecular weight is 304 g/mol. The molecule has 0 saturated carbocycles.